The minimum atomic E-state index is -0.0631. The van der Waals surface area contributed by atoms with E-state index in [0.717, 1.165) is 18.8 Å². The number of hydrogen-bond acceptors (Lipinski definition) is 3. The van der Waals surface area contributed by atoms with Gasteiger partial charge in [0.05, 0.1) is 11.4 Å². The van der Waals surface area contributed by atoms with Crippen LogP contribution in [0.1, 0.15) is 43.5 Å². The third-order valence-corrected chi connectivity index (χ3v) is 3.41. The lowest BCUT2D eigenvalue weighted by Gasteiger charge is -2.30. The Morgan fingerprint density at radius 2 is 1.95 bits per heavy atom. The molecule has 4 heteroatoms. The van der Waals surface area contributed by atoms with E-state index in [1.165, 1.54) is 19.3 Å². The number of hydrogen-bond donors (Lipinski definition) is 2. The van der Waals surface area contributed by atoms with Crippen LogP contribution in [0.15, 0.2) is 18.2 Å². The van der Waals surface area contributed by atoms with Gasteiger partial charge in [-0.1, -0.05) is 0 Å². The molecular formula is C15H23N3O. The SMILES string of the molecule is CC(C)NC(=O)c1ccc(N2CCCCC2)c(N)c1. The van der Waals surface area contributed by atoms with Crippen molar-refractivity contribution in [3.8, 4) is 0 Å². The number of nitrogens with one attached hydrogen (secondary N) is 1. The van der Waals surface area contributed by atoms with Crippen LogP contribution < -0.4 is 16.0 Å². The Labute approximate surface area is 115 Å². The third kappa shape index (κ3) is 3.40. The Morgan fingerprint density at radius 1 is 1.26 bits per heavy atom. The molecule has 0 bridgehead atoms. The Balaban J connectivity index is 2.14. The second kappa shape index (κ2) is 5.95. The van der Waals surface area contributed by atoms with Crippen LogP contribution in [0.25, 0.3) is 0 Å². The molecule has 0 unspecified atom stereocenters. The minimum absolute atomic E-state index is 0.0631. The summed E-state index contributed by atoms with van der Waals surface area (Å²) in [6.45, 7) is 6.01. The van der Waals surface area contributed by atoms with Crippen LogP contribution in [0.4, 0.5) is 11.4 Å². The number of amides is 1. The van der Waals surface area contributed by atoms with Gasteiger partial charge in [-0.3, -0.25) is 4.79 Å². The van der Waals surface area contributed by atoms with E-state index in [-0.39, 0.29) is 11.9 Å². The van der Waals surface area contributed by atoms with Gasteiger partial charge in [-0.2, -0.15) is 0 Å². The predicted octanol–water partition coefficient (Wildman–Crippen LogP) is 2.40. The molecule has 104 valence electrons. The van der Waals surface area contributed by atoms with E-state index in [0.29, 0.717) is 11.3 Å². The van der Waals surface area contributed by atoms with Crippen LogP contribution in [0, 0.1) is 0 Å². The predicted molar refractivity (Wildman–Crippen MR) is 79.5 cm³/mol. The first-order valence-electron chi connectivity index (χ1n) is 7.03. The monoisotopic (exact) mass is 261 g/mol. The summed E-state index contributed by atoms with van der Waals surface area (Å²) >= 11 is 0. The van der Waals surface area contributed by atoms with Crippen molar-refractivity contribution in [3.05, 3.63) is 23.8 Å². The number of carbonyl (C=O) groups excluding carboxylic acids is 1. The summed E-state index contributed by atoms with van der Waals surface area (Å²) in [4.78, 5) is 14.2. The minimum Gasteiger partial charge on any atom is -0.397 e. The maximum absolute atomic E-state index is 11.9. The normalized spacial score (nSPS) is 15.6. The molecule has 1 aliphatic rings. The molecule has 1 aromatic rings. The molecule has 0 atom stereocenters. The Hall–Kier alpha value is -1.71. The number of anilines is 2. The van der Waals surface area contributed by atoms with Crippen molar-refractivity contribution in [2.24, 2.45) is 0 Å². The van der Waals surface area contributed by atoms with E-state index in [1.807, 2.05) is 26.0 Å². The van der Waals surface area contributed by atoms with Gasteiger partial charge in [-0.15, -0.1) is 0 Å². The maximum Gasteiger partial charge on any atom is 0.251 e. The third-order valence-electron chi connectivity index (χ3n) is 3.41. The van der Waals surface area contributed by atoms with Crippen LogP contribution >= 0.6 is 0 Å². The van der Waals surface area contributed by atoms with Gasteiger partial charge in [-0.25, -0.2) is 0 Å². The maximum atomic E-state index is 11.9. The van der Waals surface area contributed by atoms with Crippen LogP contribution in [-0.2, 0) is 0 Å². The van der Waals surface area contributed by atoms with Crippen molar-refractivity contribution >= 4 is 17.3 Å². The highest BCUT2D eigenvalue weighted by molar-refractivity contribution is 5.96. The fourth-order valence-corrected chi connectivity index (χ4v) is 2.46. The molecule has 0 aliphatic carbocycles. The molecule has 0 radical (unpaired) electrons. The average molecular weight is 261 g/mol. The summed E-state index contributed by atoms with van der Waals surface area (Å²) in [5.74, 6) is -0.0631. The molecule has 0 aromatic heterocycles. The highest BCUT2D eigenvalue weighted by atomic mass is 16.1. The number of piperidine rings is 1. The van der Waals surface area contributed by atoms with Gasteiger partial charge < -0.3 is 16.0 Å². The van der Waals surface area contributed by atoms with E-state index in [9.17, 15) is 4.79 Å². The molecule has 4 nitrogen and oxygen atoms in total. The summed E-state index contributed by atoms with van der Waals surface area (Å²) in [5, 5.41) is 2.88. The number of nitrogens with zero attached hydrogens (tertiary/aromatic N) is 1. The summed E-state index contributed by atoms with van der Waals surface area (Å²) in [6.07, 6.45) is 3.73. The lowest BCUT2D eigenvalue weighted by Crippen LogP contribution is -2.31. The molecular weight excluding hydrogens is 238 g/mol. The van der Waals surface area contributed by atoms with Gasteiger partial charge in [0, 0.05) is 24.7 Å². The van der Waals surface area contributed by atoms with Crippen LogP contribution in [0.5, 0.6) is 0 Å². The first-order valence-corrected chi connectivity index (χ1v) is 7.03. The summed E-state index contributed by atoms with van der Waals surface area (Å²) in [7, 11) is 0. The van der Waals surface area contributed by atoms with Crippen molar-refractivity contribution in [1.29, 1.82) is 0 Å². The Kier molecular flexibility index (Phi) is 4.30. The molecule has 1 aliphatic heterocycles. The zero-order valence-electron chi connectivity index (χ0n) is 11.8. The standard InChI is InChI=1S/C15H23N3O/c1-11(2)17-15(19)12-6-7-14(13(16)10-12)18-8-4-3-5-9-18/h6-7,10-11H,3-5,8-9,16H2,1-2H3,(H,17,19). The molecule has 3 N–H and O–H groups in total. The molecule has 2 rings (SSSR count). The smallest absolute Gasteiger partial charge is 0.251 e. The zero-order valence-corrected chi connectivity index (χ0v) is 11.8. The van der Waals surface area contributed by atoms with Crippen molar-refractivity contribution < 1.29 is 4.79 Å². The number of rotatable bonds is 3. The Bertz CT molecular complexity index is 451. The quantitative estimate of drug-likeness (QED) is 0.821. The van der Waals surface area contributed by atoms with E-state index >= 15 is 0 Å². The molecule has 19 heavy (non-hydrogen) atoms. The molecule has 1 heterocycles. The van der Waals surface area contributed by atoms with E-state index in [4.69, 9.17) is 5.73 Å². The van der Waals surface area contributed by atoms with Gasteiger partial charge in [0.2, 0.25) is 0 Å². The molecule has 0 saturated carbocycles. The van der Waals surface area contributed by atoms with Gasteiger partial charge >= 0.3 is 0 Å². The fraction of sp³-hybridized carbons (Fsp3) is 0.533. The lowest BCUT2D eigenvalue weighted by atomic mass is 10.1. The second-order valence-electron chi connectivity index (χ2n) is 5.45. The molecule has 0 spiro atoms. The van der Waals surface area contributed by atoms with Gasteiger partial charge in [0.1, 0.15) is 0 Å². The molecule has 1 saturated heterocycles. The number of nitrogens with two attached hydrogens (primary N) is 1. The average Bonchev–Trinajstić information content (AvgIpc) is 2.38. The highest BCUT2D eigenvalue weighted by Crippen LogP contribution is 2.27. The van der Waals surface area contributed by atoms with Crippen molar-refractivity contribution in [1.82, 2.24) is 5.32 Å². The lowest BCUT2D eigenvalue weighted by molar-refractivity contribution is 0.0943. The fourth-order valence-electron chi connectivity index (χ4n) is 2.46. The van der Waals surface area contributed by atoms with Crippen molar-refractivity contribution in [2.45, 2.75) is 39.2 Å². The number of benzene rings is 1. The summed E-state index contributed by atoms with van der Waals surface area (Å²) in [5.41, 5.74) is 8.48. The number of nitrogen functional groups attached to an aromatic ring is 1. The first kappa shape index (κ1) is 13.7. The number of carbonyl (C=O) groups is 1. The van der Waals surface area contributed by atoms with E-state index in [2.05, 4.69) is 10.2 Å². The van der Waals surface area contributed by atoms with Crippen molar-refractivity contribution in [2.75, 3.05) is 23.7 Å². The summed E-state index contributed by atoms with van der Waals surface area (Å²) in [6, 6.07) is 5.74. The summed E-state index contributed by atoms with van der Waals surface area (Å²) < 4.78 is 0. The molecule has 1 fully saturated rings. The van der Waals surface area contributed by atoms with Crippen molar-refractivity contribution in [3.63, 3.8) is 0 Å². The van der Waals surface area contributed by atoms with Gasteiger partial charge in [0.15, 0.2) is 0 Å². The van der Waals surface area contributed by atoms with Gasteiger partial charge in [0.25, 0.3) is 5.91 Å². The van der Waals surface area contributed by atoms with Crippen LogP contribution in [0.3, 0.4) is 0 Å². The molecule has 1 aromatic carbocycles. The second-order valence-corrected chi connectivity index (χ2v) is 5.45. The van der Waals surface area contributed by atoms with Gasteiger partial charge in [-0.05, 0) is 51.3 Å². The topological polar surface area (TPSA) is 58.4 Å². The Morgan fingerprint density at radius 3 is 2.53 bits per heavy atom. The first-order chi connectivity index (χ1) is 9.08. The van der Waals surface area contributed by atoms with E-state index < -0.39 is 0 Å². The van der Waals surface area contributed by atoms with Crippen LogP contribution in [-0.4, -0.2) is 25.0 Å². The highest BCUT2D eigenvalue weighted by Gasteiger charge is 2.15. The van der Waals surface area contributed by atoms with Crippen LogP contribution in [0.2, 0.25) is 0 Å². The van der Waals surface area contributed by atoms with E-state index in [1.54, 1.807) is 6.07 Å². The zero-order chi connectivity index (χ0) is 13.8. The largest absolute Gasteiger partial charge is 0.397 e. The molecule has 1 amide bonds.